The number of nitrogens with one attached hydrogen (secondary N) is 1. The number of fused-ring (bicyclic) bond motifs is 1. The number of rotatable bonds is 3. The van der Waals surface area contributed by atoms with Gasteiger partial charge in [0, 0.05) is 36.0 Å². The van der Waals surface area contributed by atoms with Gasteiger partial charge in [0.2, 0.25) is 0 Å². The molecule has 1 aliphatic heterocycles. The lowest BCUT2D eigenvalue weighted by Crippen LogP contribution is -2.54. The van der Waals surface area contributed by atoms with Crippen LogP contribution in [0.15, 0.2) is 24.4 Å². The van der Waals surface area contributed by atoms with Crippen LogP contribution in [0.3, 0.4) is 0 Å². The second kappa shape index (κ2) is 8.65. The molecule has 1 aromatic carbocycles. The number of alkyl carbamates (subject to hydrolysis) is 1. The number of carbonyl (C=O) groups is 1. The van der Waals surface area contributed by atoms with E-state index >= 15 is 0 Å². The van der Waals surface area contributed by atoms with E-state index in [9.17, 15) is 4.79 Å². The molecule has 4 rings (SSSR count). The maximum Gasteiger partial charge on any atom is 0.408 e. The first kappa shape index (κ1) is 23.0. The predicted octanol–water partition coefficient (Wildman–Crippen LogP) is 5.94. The quantitative estimate of drug-likeness (QED) is 0.485. The molecule has 0 unspecified atom stereocenters. The van der Waals surface area contributed by atoms with Crippen molar-refractivity contribution in [1.29, 1.82) is 0 Å². The van der Waals surface area contributed by atoms with Crippen LogP contribution in [-0.2, 0) is 4.74 Å². The van der Waals surface area contributed by atoms with Crippen molar-refractivity contribution in [3.05, 3.63) is 34.4 Å². The Kier molecular flexibility index (Phi) is 6.22. The average molecular weight is 494 g/mol. The van der Waals surface area contributed by atoms with Gasteiger partial charge in [-0.15, -0.1) is 0 Å². The van der Waals surface area contributed by atoms with E-state index in [1.165, 1.54) is 0 Å². The lowest BCUT2D eigenvalue weighted by molar-refractivity contribution is 0.0448. The molecule has 1 fully saturated rings. The van der Waals surface area contributed by atoms with Crippen LogP contribution in [0, 0.1) is 0 Å². The van der Waals surface area contributed by atoms with E-state index < -0.39 is 5.60 Å². The summed E-state index contributed by atoms with van der Waals surface area (Å²) >= 11 is 13.8. The minimum Gasteiger partial charge on any atom is -0.444 e. The fourth-order valence-electron chi connectivity index (χ4n) is 3.79. The molecular formula is C22H25Cl2N5O2S. The molecule has 1 aliphatic rings. The Hall–Kier alpha value is -2.16. The highest BCUT2D eigenvalue weighted by atomic mass is 35.5. The first-order valence-electron chi connectivity index (χ1n) is 10.4. The van der Waals surface area contributed by atoms with Gasteiger partial charge in [-0.2, -0.15) is 8.75 Å². The van der Waals surface area contributed by atoms with Gasteiger partial charge in [0.1, 0.15) is 16.6 Å². The number of anilines is 1. The molecule has 0 radical (unpaired) electrons. The fourth-order valence-corrected chi connectivity index (χ4v) is 4.75. The van der Waals surface area contributed by atoms with Crippen molar-refractivity contribution in [1.82, 2.24) is 19.0 Å². The minimum absolute atomic E-state index is 0.341. The molecule has 7 nitrogen and oxygen atoms in total. The number of nitrogens with zero attached hydrogens (tertiary/aromatic N) is 4. The van der Waals surface area contributed by atoms with Crippen molar-refractivity contribution in [2.75, 3.05) is 18.0 Å². The van der Waals surface area contributed by atoms with Gasteiger partial charge in [-0.1, -0.05) is 35.3 Å². The van der Waals surface area contributed by atoms with E-state index in [1.807, 2.05) is 39.8 Å². The summed E-state index contributed by atoms with van der Waals surface area (Å²) in [5, 5.41) is 3.99. The van der Waals surface area contributed by atoms with Crippen molar-refractivity contribution in [2.45, 2.75) is 51.7 Å². The van der Waals surface area contributed by atoms with Crippen LogP contribution in [0.1, 0.15) is 40.5 Å². The van der Waals surface area contributed by atoms with E-state index in [0.717, 1.165) is 65.6 Å². The topological polar surface area (TPSA) is 80.2 Å². The van der Waals surface area contributed by atoms with Crippen molar-refractivity contribution < 1.29 is 9.53 Å². The van der Waals surface area contributed by atoms with Gasteiger partial charge in [0.15, 0.2) is 5.82 Å². The Bertz CT molecular complexity index is 1150. The van der Waals surface area contributed by atoms with Crippen molar-refractivity contribution in [3.8, 4) is 11.1 Å². The molecule has 1 saturated heterocycles. The highest BCUT2D eigenvalue weighted by Gasteiger charge is 2.34. The zero-order valence-corrected chi connectivity index (χ0v) is 20.7. The molecule has 0 saturated carbocycles. The first-order chi connectivity index (χ1) is 15.1. The van der Waals surface area contributed by atoms with Gasteiger partial charge in [-0.3, -0.25) is 0 Å². The molecule has 2 aromatic heterocycles. The van der Waals surface area contributed by atoms with Crippen LogP contribution < -0.4 is 10.2 Å². The van der Waals surface area contributed by atoms with Crippen molar-refractivity contribution in [2.24, 2.45) is 0 Å². The van der Waals surface area contributed by atoms with Crippen molar-refractivity contribution in [3.63, 3.8) is 0 Å². The summed E-state index contributed by atoms with van der Waals surface area (Å²) in [7, 11) is 0. The largest absolute Gasteiger partial charge is 0.444 e. The fraction of sp³-hybridized carbons (Fsp3) is 0.455. The lowest BCUT2D eigenvalue weighted by atomic mass is 9.89. The van der Waals surface area contributed by atoms with Crippen molar-refractivity contribution >= 4 is 57.9 Å². The molecule has 0 aliphatic carbocycles. The molecule has 170 valence electrons. The smallest absolute Gasteiger partial charge is 0.408 e. The van der Waals surface area contributed by atoms with E-state index in [1.54, 1.807) is 12.3 Å². The maximum absolute atomic E-state index is 12.3. The predicted molar refractivity (Wildman–Crippen MR) is 130 cm³/mol. The van der Waals surface area contributed by atoms with E-state index in [0.29, 0.717) is 10.0 Å². The Morgan fingerprint density at radius 2 is 1.84 bits per heavy atom. The summed E-state index contributed by atoms with van der Waals surface area (Å²) in [6.45, 7) is 9.07. The standard InChI is InChI=1S/C22H25Cl2N5O2S/c1-21(2,3)31-20(30)26-22(4)8-10-29(11-9-22)19-18-17(27-32-28-18)14(12-25-19)13-6-5-7-15(23)16(13)24/h5-7,12H,8-11H2,1-4H3,(H,26,30). The Morgan fingerprint density at radius 3 is 2.53 bits per heavy atom. The van der Waals surface area contributed by atoms with Gasteiger partial charge < -0.3 is 15.0 Å². The number of amides is 1. The molecule has 0 atom stereocenters. The van der Waals surface area contributed by atoms with Gasteiger partial charge in [-0.05, 0) is 46.6 Å². The SMILES string of the molecule is CC1(NC(=O)OC(C)(C)C)CCN(c2ncc(-c3cccc(Cl)c3Cl)c3nsnc23)CC1. The third-order valence-electron chi connectivity index (χ3n) is 5.48. The van der Waals surface area contributed by atoms with Crippen LogP contribution in [0.4, 0.5) is 10.6 Å². The molecule has 10 heteroatoms. The number of halogens is 2. The van der Waals surface area contributed by atoms with Gasteiger partial charge >= 0.3 is 6.09 Å². The highest BCUT2D eigenvalue weighted by Crippen LogP contribution is 2.39. The number of aromatic nitrogens is 3. The molecule has 3 aromatic rings. The summed E-state index contributed by atoms with van der Waals surface area (Å²) in [5.74, 6) is 0.787. The van der Waals surface area contributed by atoms with Crippen LogP contribution in [-0.4, -0.2) is 44.1 Å². The third-order valence-corrected chi connectivity index (χ3v) is 6.83. The third kappa shape index (κ3) is 4.77. The Morgan fingerprint density at radius 1 is 1.16 bits per heavy atom. The van der Waals surface area contributed by atoms with Crippen LogP contribution >= 0.6 is 34.9 Å². The molecule has 3 heterocycles. The van der Waals surface area contributed by atoms with E-state index in [4.69, 9.17) is 32.9 Å². The Balaban J connectivity index is 1.54. The summed E-state index contributed by atoms with van der Waals surface area (Å²) in [6.07, 6.45) is 2.91. The number of hydrogen-bond donors (Lipinski definition) is 1. The number of pyridine rings is 1. The summed E-state index contributed by atoms with van der Waals surface area (Å²) < 4.78 is 14.5. The van der Waals surface area contributed by atoms with E-state index in [2.05, 4.69) is 19.0 Å². The normalized spacial score (nSPS) is 16.2. The molecule has 32 heavy (non-hydrogen) atoms. The van der Waals surface area contributed by atoms with Crippen LogP contribution in [0.25, 0.3) is 22.2 Å². The van der Waals surface area contributed by atoms with E-state index in [-0.39, 0.29) is 11.6 Å². The van der Waals surface area contributed by atoms with Gasteiger partial charge in [0.05, 0.1) is 21.8 Å². The number of piperidine rings is 1. The summed E-state index contributed by atoms with van der Waals surface area (Å²) in [5.41, 5.74) is 2.22. The summed E-state index contributed by atoms with van der Waals surface area (Å²) in [4.78, 5) is 19.2. The zero-order chi connectivity index (χ0) is 23.1. The lowest BCUT2D eigenvalue weighted by Gasteiger charge is -2.40. The second-order valence-corrected chi connectivity index (χ2v) is 10.5. The number of ether oxygens (including phenoxy) is 1. The second-order valence-electron chi connectivity index (χ2n) is 9.23. The van der Waals surface area contributed by atoms with Gasteiger partial charge in [-0.25, -0.2) is 9.78 Å². The zero-order valence-electron chi connectivity index (χ0n) is 18.4. The first-order valence-corrected chi connectivity index (χ1v) is 11.9. The molecule has 1 amide bonds. The summed E-state index contributed by atoms with van der Waals surface area (Å²) in [6, 6.07) is 5.51. The van der Waals surface area contributed by atoms with Gasteiger partial charge in [0.25, 0.3) is 0 Å². The molecular weight excluding hydrogens is 469 g/mol. The number of hydrogen-bond acceptors (Lipinski definition) is 7. The maximum atomic E-state index is 12.3. The number of benzene rings is 1. The molecule has 1 N–H and O–H groups in total. The van der Waals surface area contributed by atoms with Crippen LogP contribution in [0.2, 0.25) is 10.0 Å². The molecule has 0 spiro atoms. The minimum atomic E-state index is -0.526. The average Bonchev–Trinajstić information content (AvgIpc) is 3.18. The Labute approximate surface area is 201 Å². The molecule has 0 bridgehead atoms. The monoisotopic (exact) mass is 493 g/mol. The highest BCUT2D eigenvalue weighted by molar-refractivity contribution is 7.00. The number of carbonyl (C=O) groups excluding carboxylic acids is 1. The van der Waals surface area contributed by atoms with Crippen LogP contribution in [0.5, 0.6) is 0 Å².